The van der Waals surface area contributed by atoms with Gasteiger partial charge in [-0.15, -0.1) is 0 Å². The van der Waals surface area contributed by atoms with Crippen LogP contribution < -0.4 is 0 Å². The summed E-state index contributed by atoms with van der Waals surface area (Å²) < 4.78 is 25.5. The number of halogens is 2. The second-order valence-corrected chi connectivity index (χ2v) is 3.17. The van der Waals surface area contributed by atoms with Gasteiger partial charge in [0.2, 0.25) is 0 Å². The molecule has 1 amide bonds. The van der Waals surface area contributed by atoms with Gasteiger partial charge >= 0.3 is 6.09 Å². The van der Waals surface area contributed by atoms with E-state index < -0.39 is 17.7 Å². The average molecular weight is 199 g/mol. The fraction of sp³-hybridized carbons (Fsp3) is 0.222. The summed E-state index contributed by atoms with van der Waals surface area (Å²) in [4.78, 5) is 11.7. The van der Waals surface area contributed by atoms with Crippen LogP contribution in [0.5, 0.6) is 0 Å². The molecule has 1 N–H and O–H groups in total. The molecule has 14 heavy (non-hydrogen) atoms. The van der Waals surface area contributed by atoms with Crippen LogP contribution in [0.2, 0.25) is 0 Å². The summed E-state index contributed by atoms with van der Waals surface area (Å²) in [5.74, 6) is -1.87. The van der Waals surface area contributed by atoms with Crippen LogP contribution in [0.3, 0.4) is 0 Å². The molecule has 0 aliphatic carbocycles. The molecule has 0 fully saturated rings. The molecule has 0 bridgehead atoms. The van der Waals surface area contributed by atoms with Crippen LogP contribution in [0, 0.1) is 11.6 Å². The van der Waals surface area contributed by atoms with Gasteiger partial charge in [0.15, 0.2) is 11.6 Å². The maximum atomic E-state index is 12.8. The van der Waals surface area contributed by atoms with Gasteiger partial charge in [-0.3, -0.25) is 4.90 Å². The Morgan fingerprint density at radius 1 is 1.21 bits per heavy atom. The van der Waals surface area contributed by atoms with Gasteiger partial charge in [-0.2, -0.15) is 0 Å². The Labute approximate surface area is 78.6 Å². The number of rotatable bonds is 0. The summed E-state index contributed by atoms with van der Waals surface area (Å²) >= 11 is 0. The van der Waals surface area contributed by atoms with Crippen LogP contribution in [0.1, 0.15) is 11.1 Å². The van der Waals surface area contributed by atoms with Gasteiger partial charge in [-0.05, 0) is 23.3 Å². The number of amides is 1. The summed E-state index contributed by atoms with van der Waals surface area (Å²) in [6.45, 7) is 0.254. The van der Waals surface area contributed by atoms with E-state index in [0.717, 1.165) is 17.0 Å². The zero-order valence-electron chi connectivity index (χ0n) is 7.13. The first kappa shape index (κ1) is 8.93. The quantitative estimate of drug-likeness (QED) is 0.693. The second-order valence-electron chi connectivity index (χ2n) is 3.17. The van der Waals surface area contributed by atoms with E-state index in [1.165, 1.54) is 0 Å². The molecule has 0 radical (unpaired) electrons. The van der Waals surface area contributed by atoms with Gasteiger partial charge in [-0.1, -0.05) is 0 Å². The normalized spacial score (nSPS) is 14.3. The highest BCUT2D eigenvalue weighted by molar-refractivity contribution is 5.66. The number of nitrogens with zero attached hydrogens (tertiary/aromatic N) is 1. The van der Waals surface area contributed by atoms with Crippen molar-refractivity contribution in [3.05, 3.63) is 34.9 Å². The lowest BCUT2D eigenvalue weighted by molar-refractivity contribution is 0.145. The maximum absolute atomic E-state index is 12.8. The highest BCUT2D eigenvalue weighted by Crippen LogP contribution is 2.24. The molecule has 5 heteroatoms. The lowest BCUT2D eigenvalue weighted by Crippen LogP contribution is -2.22. The molecular formula is C9H7F2NO2. The van der Waals surface area contributed by atoms with Crippen molar-refractivity contribution in [3.8, 4) is 0 Å². The van der Waals surface area contributed by atoms with E-state index in [-0.39, 0.29) is 13.1 Å². The van der Waals surface area contributed by atoms with Crippen molar-refractivity contribution in [3.63, 3.8) is 0 Å². The Bertz CT molecular complexity index is 375. The molecule has 2 rings (SSSR count). The van der Waals surface area contributed by atoms with Crippen LogP contribution in [0.4, 0.5) is 13.6 Å². The van der Waals surface area contributed by atoms with Gasteiger partial charge < -0.3 is 5.11 Å². The molecule has 0 spiro atoms. The highest BCUT2D eigenvalue weighted by atomic mass is 19.2. The average Bonchev–Trinajstić information content (AvgIpc) is 2.48. The summed E-state index contributed by atoms with van der Waals surface area (Å²) in [6, 6.07) is 2.10. The van der Waals surface area contributed by atoms with Gasteiger partial charge in [0, 0.05) is 13.1 Å². The SMILES string of the molecule is O=C(O)N1Cc2cc(F)c(F)cc2C1. The van der Waals surface area contributed by atoms with Crippen molar-refractivity contribution in [1.82, 2.24) is 4.90 Å². The predicted molar refractivity (Wildman–Crippen MR) is 43.6 cm³/mol. The van der Waals surface area contributed by atoms with E-state index in [0.29, 0.717) is 11.1 Å². The smallest absolute Gasteiger partial charge is 0.407 e. The first-order valence-corrected chi connectivity index (χ1v) is 4.02. The van der Waals surface area contributed by atoms with Crippen LogP contribution >= 0.6 is 0 Å². The molecule has 74 valence electrons. The van der Waals surface area contributed by atoms with Crippen molar-refractivity contribution in [2.45, 2.75) is 13.1 Å². The van der Waals surface area contributed by atoms with Crippen LogP contribution in [0.15, 0.2) is 12.1 Å². The first-order chi connectivity index (χ1) is 6.58. The third kappa shape index (κ3) is 1.30. The molecule has 1 aliphatic rings. The summed E-state index contributed by atoms with van der Waals surface area (Å²) in [6.07, 6.45) is -1.08. The molecule has 1 aliphatic heterocycles. The Morgan fingerprint density at radius 3 is 2.00 bits per heavy atom. The van der Waals surface area contributed by atoms with E-state index in [1.54, 1.807) is 0 Å². The summed E-state index contributed by atoms with van der Waals surface area (Å²) in [5, 5.41) is 8.66. The van der Waals surface area contributed by atoms with Crippen molar-refractivity contribution in [2.75, 3.05) is 0 Å². The Kier molecular flexibility index (Phi) is 1.87. The topological polar surface area (TPSA) is 40.5 Å². The van der Waals surface area contributed by atoms with Gasteiger partial charge in [0.1, 0.15) is 0 Å². The van der Waals surface area contributed by atoms with Gasteiger partial charge in [-0.25, -0.2) is 13.6 Å². The molecule has 1 heterocycles. The Morgan fingerprint density at radius 2 is 1.64 bits per heavy atom. The summed E-state index contributed by atoms with van der Waals surface area (Å²) in [7, 11) is 0. The molecule has 0 saturated carbocycles. The molecule has 0 aromatic heterocycles. The van der Waals surface area contributed by atoms with E-state index in [2.05, 4.69) is 0 Å². The third-order valence-corrected chi connectivity index (χ3v) is 2.24. The monoisotopic (exact) mass is 199 g/mol. The number of hydrogen-bond acceptors (Lipinski definition) is 1. The number of carbonyl (C=O) groups is 1. The van der Waals surface area contributed by atoms with Crippen molar-refractivity contribution in [2.24, 2.45) is 0 Å². The zero-order valence-corrected chi connectivity index (χ0v) is 7.13. The lowest BCUT2D eigenvalue weighted by Gasteiger charge is -2.08. The number of benzene rings is 1. The number of carboxylic acid groups (broad SMARTS) is 1. The highest BCUT2D eigenvalue weighted by Gasteiger charge is 2.24. The van der Waals surface area contributed by atoms with E-state index in [1.807, 2.05) is 0 Å². The minimum atomic E-state index is -1.08. The standard InChI is InChI=1S/C9H7F2NO2/c10-7-1-5-3-12(9(13)14)4-6(5)2-8(7)11/h1-2H,3-4H2,(H,13,14). The van der Waals surface area contributed by atoms with Crippen molar-refractivity contribution >= 4 is 6.09 Å². The van der Waals surface area contributed by atoms with Crippen LogP contribution in [-0.4, -0.2) is 16.1 Å². The van der Waals surface area contributed by atoms with Gasteiger partial charge in [0.05, 0.1) is 0 Å². The van der Waals surface area contributed by atoms with E-state index in [9.17, 15) is 13.6 Å². The fourth-order valence-corrected chi connectivity index (χ4v) is 1.53. The number of fused-ring (bicyclic) bond motifs is 1. The van der Waals surface area contributed by atoms with Crippen molar-refractivity contribution < 1.29 is 18.7 Å². The molecular weight excluding hydrogens is 192 g/mol. The van der Waals surface area contributed by atoms with Crippen LogP contribution in [-0.2, 0) is 13.1 Å². The van der Waals surface area contributed by atoms with E-state index >= 15 is 0 Å². The molecule has 1 aromatic carbocycles. The minimum Gasteiger partial charge on any atom is -0.465 e. The third-order valence-electron chi connectivity index (χ3n) is 2.24. The Balaban J connectivity index is 2.36. The van der Waals surface area contributed by atoms with E-state index in [4.69, 9.17) is 5.11 Å². The molecule has 0 saturated heterocycles. The minimum absolute atomic E-state index is 0.127. The lowest BCUT2D eigenvalue weighted by atomic mass is 10.1. The fourth-order valence-electron chi connectivity index (χ4n) is 1.53. The maximum Gasteiger partial charge on any atom is 0.407 e. The first-order valence-electron chi connectivity index (χ1n) is 4.02. The molecule has 3 nitrogen and oxygen atoms in total. The second kappa shape index (κ2) is 2.94. The van der Waals surface area contributed by atoms with Crippen LogP contribution in [0.25, 0.3) is 0 Å². The van der Waals surface area contributed by atoms with Crippen molar-refractivity contribution in [1.29, 1.82) is 0 Å². The predicted octanol–water partition coefficient (Wildman–Crippen LogP) is 1.96. The zero-order chi connectivity index (χ0) is 10.3. The molecule has 0 atom stereocenters. The molecule has 1 aromatic rings. The largest absolute Gasteiger partial charge is 0.465 e. The summed E-state index contributed by atoms with van der Waals surface area (Å²) in [5.41, 5.74) is 1.07. The van der Waals surface area contributed by atoms with Gasteiger partial charge in [0.25, 0.3) is 0 Å². The Hall–Kier alpha value is -1.65. The number of hydrogen-bond donors (Lipinski definition) is 1. The molecule has 0 unspecified atom stereocenters.